The summed E-state index contributed by atoms with van der Waals surface area (Å²) in [5.74, 6) is -0.863. The van der Waals surface area contributed by atoms with Crippen LogP contribution in [0, 0.1) is 13.8 Å². The number of carbonyl (C=O) groups excluding carboxylic acids is 1. The van der Waals surface area contributed by atoms with Crippen molar-refractivity contribution in [2.45, 2.75) is 20.0 Å². The first-order chi connectivity index (χ1) is 15.2. The molecular formula is C23H23F3N4O2. The molecule has 4 rings (SSSR count). The number of alkyl halides is 3. The van der Waals surface area contributed by atoms with Crippen LogP contribution in [-0.4, -0.2) is 42.0 Å². The lowest BCUT2D eigenvalue weighted by atomic mass is 10.1. The molecule has 1 amide bonds. The molecule has 0 unspecified atom stereocenters. The third kappa shape index (κ3) is 4.47. The number of morpholine rings is 1. The van der Waals surface area contributed by atoms with E-state index in [2.05, 4.69) is 15.3 Å². The number of nitrogens with zero attached hydrogens (tertiary/aromatic N) is 3. The summed E-state index contributed by atoms with van der Waals surface area (Å²) in [5, 5.41) is 6.47. The lowest BCUT2D eigenvalue weighted by Crippen LogP contribution is -2.36. The number of rotatable bonds is 4. The molecule has 2 aromatic carbocycles. The summed E-state index contributed by atoms with van der Waals surface area (Å²) in [6, 6.07) is 11.9. The summed E-state index contributed by atoms with van der Waals surface area (Å²) in [5.41, 5.74) is 1.67. The SMILES string of the molecule is Cc1ccc(-n2ncc(C(=O)Nc3ccc(N4CCOCC4)cc3C)c2C(F)(F)F)cc1. The number of halogens is 3. The molecule has 0 radical (unpaired) electrons. The Labute approximate surface area is 183 Å². The zero-order valence-electron chi connectivity index (χ0n) is 17.7. The number of nitrogens with one attached hydrogen (secondary N) is 1. The highest BCUT2D eigenvalue weighted by Gasteiger charge is 2.40. The molecule has 168 valence electrons. The van der Waals surface area contributed by atoms with E-state index in [-0.39, 0.29) is 5.69 Å². The van der Waals surface area contributed by atoms with Crippen LogP contribution in [0.15, 0.2) is 48.7 Å². The molecule has 3 aromatic rings. The maximum absolute atomic E-state index is 13.9. The molecule has 0 saturated carbocycles. The van der Waals surface area contributed by atoms with Gasteiger partial charge in [-0.3, -0.25) is 4.79 Å². The van der Waals surface area contributed by atoms with Crippen molar-refractivity contribution < 1.29 is 22.7 Å². The summed E-state index contributed by atoms with van der Waals surface area (Å²) in [7, 11) is 0. The average Bonchev–Trinajstić information content (AvgIpc) is 3.22. The molecule has 2 heterocycles. The Morgan fingerprint density at radius 1 is 1.03 bits per heavy atom. The molecule has 1 N–H and O–H groups in total. The van der Waals surface area contributed by atoms with E-state index in [4.69, 9.17) is 4.74 Å². The van der Waals surface area contributed by atoms with Gasteiger partial charge >= 0.3 is 6.18 Å². The highest BCUT2D eigenvalue weighted by Crippen LogP contribution is 2.34. The Hall–Kier alpha value is -3.33. The predicted octanol–water partition coefficient (Wildman–Crippen LogP) is 4.60. The van der Waals surface area contributed by atoms with Crippen LogP contribution in [0.5, 0.6) is 0 Å². The molecule has 0 atom stereocenters. The van der Waals surface area contributed by atoms with Crippen molar-refractivity contribution >= 4 is 17.3 Å². The second-order valence-corrected chi connectivity index (χ2v) is 7.70. The van der Waals surface area contributed by atoms with Crippen LogP contribution in [0.3, 0.4) is 0 Å². The van der Waals surface area contributed by atoms with Gasteiger partial charge in [0.2, 0.25) is 0 Å². The van der Waals surface area contributed by atoms with Crippen molar-refractivity contribution in [2.24, 2.45) is 0 Å². The molecule has 0 spiro atoms. The highest BCUT2D eigenvalue weighted by molar-refractivity contribution is 6.05. The van der Waals surface area contributed by atoms with E-state index in [1.165, 1.54) is 12.1 Å². The molecule has 1 aliphatic rings. The summed E-state index contributed by atoms with van der Waals surface area (Å²) < 4.78 is 47.8. The van der Waals surface area contributed by atoms with Gasteiger partial charge in [-0.05, 0) is 49.7 Å². The molecule has 1 aliphatic heterocycles. The number of carbonyl (C=O) groups is 1. The van der Waals surface area contributed by atoms with Gasteiger partial charge in [-0.15, -0.1) is 0 Å². The van der Waals surface area contributed by atoms with Gasteiger partial charge in [0.05, 0.1) is 30.7 Å². The predicted molar refractivity (Wildman–Crippen MR) is 115 cm³/mol. The van der Waals surface area contributed by atoms with Crippen LogP contribution in [0.25, 0.3) is 5.69 Å². The largest absolute Gasteiger partial charge is 0.434 e. The Bertz CT molecular complexity index is 1120. The van der Waals surface area contributed by atoms with E-state index in [0.29, 0.717) is 18.9 Å². The number of hydrogen-bond donors (Lipinski definition) is 1. The Morgan fingerprint density at radius 2 is 1.69 bits per heavy atom. The van der Waals surface area contributed by atoms with Crippen LogP contribution in [0.4, 0.5) is 24.5 Å². The maximum Gasteiger partial charge on any atom is 0.434 e. The number of anilines is 2. The number of ether oxygens (including phenoxy) is 1. The van der Waals surface area contributed by atoms with Gasteiger partial charge in [-0.1, -0.05) is 17.7 Å². The standard InChI is InChI=1S/C23H23F3N4O2/c1-15-3-5-17(6-4-15)30-21(23(24,25)26)19(14-27-30)22(31)28-20-8-7-18(13-16(20)2)29-9-11-32-12-10-29/h3-8,13-14H,9-12H2,1-2H3,(H,28,31). The third-order valence-corrected chi connectivity index (χ3v) is 5.40. The second kappa shape index (κ2) is 8.66. The fraction of sp³-hybridized carbons (Fsp3) is 0.304. The summed E-state index contributed by atoms with van der Waals surface area (Å²) >= 11 is 0. The van der Waals surface area contributed by atoms with Gasteiger partial charge in [0.1, 0.15) is 0 Å². The number of aryl methyl sites for hydroxylation is 2. The highest BCUT2D eigenvalue weighted by atomic mass is 19.4. The topological polar surface area (TPSA) is 59.4 Å². The van der Waals surface area contributed by atoms with Gasteiger partial charge in [0.15, 0.2) is 5.69 Å². The van der Waals surface area contributed by atoms with Crippen LogP contribution in [0.2, 0.25) is 0 Å². The summed E-state index contributed by atoms with van der Waals surface area (Å²) in [4.78, 5) is 15.0. The zero-order valence-corrected chi connectivity index (χ0v) is 17.7. The van der Waals surface area contributed by atoms with Crippen LogP contribution in [0.1, 0.15) is 27.2 Å². The quantitative estimate of drug-likeness (QED) is 0.639. The van der Waals surface area contributed by atoms with E-state index < -0.39 is 23.3 Å². The van der Waals surface area contributed by atoms with Crippen molar-refractivity contribution in [3.63, 3.8) is 0 Å². The van der Waals surface area contributed by atoms with E-state index in [9.17, 15) is 18.0 Å². The van der Waals surface area contributed by atoms with Gasteiger partial charge < -0.3 is 15.0 Å². The van der Waals surface area contributed by atoms with E-state index >= 15 is 0 Å². The minimum Gasteiger partial charge on any atom is -0.378 e. The van der Waals surface area contributed by atoms with Crippen LogP contribution < -0.4 is 10.2 Å². The molecule has 0 aliphatic carbocycles. The second-order valence-electron chi connectivity index (χ2n) is 7.70. The van der Waals surface area contributed by atoms with Gasteiger partial charge in [-0.2, -0.15) is 18.3 Å². The summed E-state index contributed by atoms with van der Waals surface area (Å²) in [6.07, 6.45) is -3.81. The fourth-order valence-electron chi connectivity index (χ4n) is 3.67. The maximum atomic E-state index is 13.9. The smallest absolute Gasteiger partial charge is 0.378 e. The Kier molecular flexibility index (Phi) is 5.92. The fourth-order valence-corrected chi connectivity index (χ4v) is 3.67. The van der Waals surface area contributed by atoms with Gasteiger partial charge in [0.25, 0.3) is 5.91 Å². The molecule has 1 aromatic heterocycles. The first-order valence-electron chi connectivity index (χ1n) is 10.2. The average molecular weight is 444 g/mol. The number of hydrogen-bond acceptors (Lipinski definition) is 4. The molecule has 6 nitrogen and oxygen atoms in total. The lowest BCUT2D eigenvalue weighted by Gasteiger charge is -2.29. The van der Waals surface area contributed by atoms with Crippen molar-refractivity contribution in [3.8, 4) is 5.69 Å². The van der Waals surface area contributed by atoms with Crippen molar-refractivity contribution in [1.82, 2.24) is 9.78 Å². The van der Waals surface area contributed by atoms with Gasteiger partial charge in [-0.25, -0.2) is 4.68 Å². The monoisotopic (exact) mass is 444 g/mol. The van der Waals surface area contributed by atoms with Crippen molar-refractivity contribution in [3.05, 3.63) is 71.0 Å². The molecule has 0 bridgehead atoms. The summed E-state index contributed by atoms with van der Waals surface area (Å²) in [6.45, 7) is 6.45. The van der Waals surface area contributed by atoms with Gasteiger partial charge in [0, 0.05) is 24.5 Å². The van der Waals surface area contributed by atoms with E-state index in [1.54, 1.807) is 25.1 Å². The Balaban J connectivity index is 1.61. The number of aromatic nitrogens is 2. The van der Waals surface area contributed by atoms with Crippen molar-refractivity contribution in [2.75, 3.05) is 36.5 Å². The minimum absolute atomic E-state index is 0.230. The lowest BCUT2D eigenvalue weighted by molar-refractivity contribution is -0.143. The van der Waals surface area contributed by atoms with E-state index in [1.807, 2.05) is 19.1 Å². The first-order valence-corrected chi connectivity index (χ1v) is 10.2. The van der Waals surface area contributed by atoms with Crippen LogP contribution >= 0.6 is 0 Å². The molecule has 1 saturated heterocycles. The molecule has 1 fully saturated rings. The Morgan fingerprint density at radius 3 is 2.31 bits per heavy atom. The number of amides is 1. The minimum atomic E-state index is -4.76. The molecule has 9 heteroatoms. The third-order valence-electron chi connectivity index (χ3n) is 5.40. The molecule has 32 heavy (non-hydrogen) atoms. The number of benzene rings is 2. The van der Waals surface area contributed by atoms with Crippen molar-refractivity contribution in [1.29, 1.82) is 0 Å². The normalized spacial score (nSPS) is 14.5. The zero-order chi connectivity index (χ0) is 22.9. The van der Waals surface area contributed by atoms with Crippen LogP contribution in [-0.2, 0) is 10.9 Å². The first kappa shape index (κ1) is 21.9. The molecular weight excluding hydrogens is 421 g/mol. The van der Waals surface area contributed by atoms with E-state index in [0.717, 1.165) is 40.8 Å².